The van der Waals surface area contributed by atoms with Crippen LogP contribution in [0.1, 0.15) is 24.8 Å². The highest BCUT2D eigenvalue weighted by molar-refractivity contribution is 9.10. The second kappa shape index (κ2) is 10.8. The van der Waals surface area contributed by atoms with Crippen molar-refractivity contribution in [1.82, 2.24) is 34.5 Å². The van der Waals surface area contributed by atoms with Crippen LogP contribution in [-0.2, 0) is 9.59 Å². The standard InChI is InChI=1S/C27H26BrN9O3/c28-24-21-14-31-27(32-19-4-3-17(10-19)26(40)36-8-6-35(7-9-36)22(39)15-38)33-25(21)37(34-24)20-11-16-2-1-5-30-23(16)18(12-20)13-29/h1-2,5,11-12,14,17,19,38H,3-4,6-10,15H2,(H,31,32,33)/t17-,19-/m1/s1. The van der Waals surface area contributed by atoms with Crippen molar-refractivity contribution in [1.29, 1.82) is 5.26 Å². The molecule has 1 aromatic carbocycles. The fourth-order valence-corrected chi connectivity index (χ4v) is 5.99. The van der Waals surface area contributed by atoms with Gasteiger partial charge in [0.2, 0.25) is 17.8 Å². The summed E-state index contributed by atoms with van der Waals surface area (Å²) in [6.07, 6.45) is 5.61. The number of carbonyl (C=O) groups excluding carboxylic acids is 2. The lowest BCUT2D eigenvalue weighted by Gasteiger charge is -2.35. The monoisotopic (exact) mass is 603 g/mol. The second-order valence-corrected chi connectivity index (χ2v) is 10.8. The van der Waals surface area contributed by atoms with Gasteiger partial charge in [-0.3, -0.25) is 14.6 Å². The number of halogens is 1. The molecule has 3 aromatic heterocycles. The van der Waals surface area contributed by atoms with Crippen LogP contribution in [0.25, 0.3) is 27.6 Å². The molecule has 1 aliphatic carbocycles. The second-order valence-electron chi connectivity index (χ2n) is 10.0. The summed E-state index contributed by atoms with van der Waals surface area (Å²) in [6.45, 7) is 1.35. The van der Waals surface area contributed by atoms with E-state index in [1.807, 2.05) is 23.1 Å². The number of carbonyl (C=O) groups is 2. The molecule has 4 heterocycles. The molecule has 13 heteroatoms. The normalized spacial score (nSPS) is 19.2. The number of benzene rings is 1. The van der Waals surface area contributed by atoms with Crippen molar-refractivity contribution in [3.05, 3.63) is 46.8 Å². The number of hydrogen-bond acceptors (Lipinski definition) is 9. The molecule has 0 bridgehead atoms. The van der Waals surface area contributed by atoms with Crippen LogP contribution < -0.4 is 5.32 Å². The average Bonchev–Trinajstić information content (AvgIpc) is 3.59. The molecule has 6 rings (SSSR count). The van der Waals surface area contributed by atoms with Crippen molar-refractivity contribution in [3.63, 3.8) is 0 Å². The summed E-state index contributed by atoms with van der Waals surface area (Å²) in [6, 6.07) is 9.66. The van der Waals surface area contributed by atoms with Crippen LogP contribution in [0, 0.1) is 17.2 Å². The third-order valence-electron chi connectivity index (χ3n) is 7.63. The SMILES string of the molecule is N#Cc1cc(-n2nc(Br)c3cnc(N[C@@H]4CC[C@@H](C(=O)N5CCN(C(=O)CO)CC5)C4)nc32)cc2cccnc12. The number of piperazine rings is 1. The number of aliphatic hydroxyl groups excluding tert-OH is 1. The molecule has 1 saturated heterocycles. The summed E-state index contributed by atoms with van der Waals surface area (Å²) in [7, 11) is 0. The van der Waals surface area contributed by atoms with Gasteiger partial charge in [0.15, 0.2) is 5.65 Å². The van der Waals surface area contributed by atoms with Crippen LogP contribution in [0.4, 0.5) is 5.95 Å². The molecule has 2 atom stereocenters. The Hall–Kier alpha value is -4.15. The first-order valence-corrected chi connectivity index (χ1v) is 13.9. The Morgan fingerprint density at radius 2 is 1.95 bits per heavy atom. The Labute approximate surface area is 237 Å². The first-order chi connectivity index (χ1) is 19.4. The molecule has 2 amide bonds. The number of anilines is 1. The van der Waals surface area contributed by atoms with E-state index in [0.717, 1.165) is 23.6 Å². The number of aromatic nitrogens is 5. The van der Waals surface area contributed by atoms with Gasteiger partial charge < -0.3 is 20.2 Å². The summed E-state index contributed by atoms with van der Waals surface area (Å²) >= 11 is 3.50. The fraction of sp³-hybridized carbons (Fsp3) is 0.370. The zero-order valence-corrected chi connectivity index (χ0v) is 23.1. The van der Waals surface area contributed by atoms with Gasteiger partial charge in [0.1, 0.15) is 17.3 Å². The van der Waals surface area contributed by atoms with Crippen molar-refractivity contribution in [2.75, 3.05) is 38.1 Å². The van der Waals surface area contributed by atoms with Crippen LogP contribution in [0.15, 0.2) is 41.3 Å². The first kappa shape index (κ1) is 26.1. The number of rotatable bonds is 5. The zero-order valence-electron chi connectivity index (χ0n) is 21.5. The van der Waals surface area contributed by atoms with Crippen molar-refractivity contribution in [2.45, 2.75) is 25.3 Å². The smallest absolute Gasteiger partial charge is 0.248 e. The van der Waals surface area contributed by atoms with E-state index in [2.05, 4.69) is 42.4 Å². The van der Waals surface area contributed by atoms with E-state index in [4.69, 9.17) is 10.1 Å². The van der Waals surface area contributed by atoms with Gasteiger partial charge in [0.25, 0.3) is 0 Å². The van der Waals surface area contributed by atoms with Gasteiger partial charge in [-0.2, -0.15) is 15.3 Å². The highest BCUT2D eigenvalue weighted by atomic mass is 79.9. The van der Waals surface area contributed by atoms with Crippen molar-refractivity contribution in [3.8, 4) is 11.8 Å². The van der Waals surface area contributed by atoms with Crippen LogP contribution in [0.5, 0.6) is 0 Å². The van der Waals surface area contributed by atoms with E-state index >= 15 is 0 Å². The number of fused-ring (bicyclic) bond motifs is 2. The molecule has 204 valence electrons. The molecule has 0 radical (unpaired) electrons. The molecule has 2 aliphatic rings. The van der Waals surface area contributed by atoms with Gasteiger partial charge >= 0.3 is 0 Å². The lowest BCUT2D eigenvalue weighted by atomic mass is 10.1. The number of aliphatic hydroxyl groups is 1. The number of pyridine rings is 1. The molecular weight excluding hydrogens is 578 g/mol. The summed E-state index contributed by atoms with van der Waals surface area (Å²) in [5, 5.41) is 28.3. The topological polar surface area (TPSA) is 153 Å². The van der Waals surface area contributed by atoms with Crippen molar-refractivity contribution >= 4 is 55.6 Å². The number of nitriles is 1. The summed E-state index contributed by atoms with van der Waals surface area (Å²) in [4.78, 5) is 41.9. The molecule has 1 saturated carbocycles. The Kier molecular flexibility index (Phi) is 7.03. The Morgan fingerprint density at radius 3 is 2.73 bits per heavy atom. The van der Waals surface area contributed by atoms with Gasteiger partial charge in [-0.05, 0) is 53.4 Å². The average molecular weight is 604 g/mol. The van der Waals surface area contributed by atoms with E-state index in [1.165, 1.54) is 0 Å². The number of nitrogens with one attached hydrogen (secondary N) is 1. The predicted molar refractivity (Wildman–Crippen MR) is 149 cm³/mol. The molecule has 4 aromatic rings. The van der Waals surface area contributed by atoms with Gasteiger partial charge in [-0.1, -0.05) is 6.07 Å². The van der Waals surface area contributed by atoms with E-state index in [0.29, 0.717) is 65.6 Å². The fourth-order valence-electron chi connectivity index (χ4n) is 5.56. The highest BCUT2D eigenvalue weighted by Gasteiger charge is 2.34. The molecule has 12 nitrogen and oxygen atoms in total. The van der Waals surface area contributed by atoms with E-state index in [1.54, 1.807) is 28.0 Å². The van der Waals surface area contributed by atoms with Crippen LogP contribution in [-0.4, -0.2) is 90.3 Å². The Balaban J connectivity index is 1.18. The van der Waals surface area contributed by atoms with Crippen molar-refractivity contribution in [2.24, 2.45) is 5.92 Å². The minimum atomic E-state index is -0.504. The molecule has 40 heavy (non-hydrogen) atoms. The maximum absolute atomic E-state index is 13.1. The highest BCUT2D eigenvalue weighted by Crippen LogP contribution is 2.31. The number of nitrogens with zero attached hydrogens (tertiary/aromatic N) is 8. The lowest BCUT2D eigenvalue weighted by molar-refractivity contribution is -0.143. The molecule has 2 fully saturated rings. The Morgan fingerprint density at radius 1 is 1.15 bits per heavy atom. The Bertz CT molecular complexity index is 1660. The van der Waals surface area contributed by atoms with Crippen LogP contribution >= 0.6 is 15.9 Å². The summed E-state index contributed by atoms with van der Waals surface area (Å²) < 4.78 is 2.27. The summed E-state index contributed by atoms with van der Waals surface area (Å²) in [5.41, 5.74) is 2.35. The third kappa shape index (κ3) is 4.84. The summed E-state index contributed by atoms with van der Waals surface area (Å²) in [5.74, 6) is 0.151. The van der Waals surface area contributed by atoms with E-state index in [9.17, 15) is 14.9 Å². The van der Waals surface area contributed by atoms with Gasteiger partial charge in [0.05, 0.1) is 22.2 Å². The van der Waals surface area contributed by atoms with Gasteiger partial charge in [-0.25, -0.2) is 9.67 Å². The number of amides is 2. The lowest BCUT2D eigenvalue weighted by Crippen LogP contribution is -2.52. The van der Waals surface area contributed by atoms with E-state index in [-0.39, 0.29) is 23.8 Å². The van der Waals surface area contributed by atoms with E-state index < -0.39 is 6.61 Å². The molecule has 1 aliphatic heterocycles. The quantitative estimate of drug-likeness (QED) is 0.349. The maximum atomic E-state index is 13.1. The largest absolute Gasteiger partial charge is 0.387 e. The maximum Gasteiger partial charge on any atom is 0.248 e. The minimum absolute atomic E-state index is 0.0420. The number of hydrogen-bond donors (Lipinski definition) is 2. The molecule has 2 N–H and O–H groups in total. The van der Waals surface area contributed by atoms with Crippen molar-refractivity contribution < 1.29 is 14.7 Å². The van der Waals surface area contributed by atoms with Crippen LogP contribution in [0.2, 0.25) is 0 Å². The zero-order chi connectivity index (χ0) is 27.8. The van der Waals surface area contributed by atoms with Crippen LogP contribution in [0.3, 0.4) is 0 Å². The molecule has 0 spiro atoms. The predicted octanol–water partition coefficient (Wildman–Crippen LogP) is 2.24. The van der Waals surface area contributed by atoms with Gasteiger partial charge in [0, 0.05) is 55.9 Å². The van der Waals surface area contributed by atoms with Gasteiger partial charge in [-0.15, -0.1) is 0 Å². The first-order valence-electron chi connectivity index (χ1n) is 13.1. The molecular formula is C27H26BrN9O3. The molecule has 0 unspecified atom stereocenters. The third-order valence-corrected chi connectivity index (χ3v) is 8.21. The minimum Gasteiger partial charge on any atom is -0.387 e.